The lowest BCUT2D eigenvalue weighted by Gasteiger charge is -2.20. The molecule has 7 nitrogen and oxygen atoms in total. The lowest BCUT2D eigenvalue weighted by molar-refractivity contribution is 0.104. The second-order valence-electron chi connectivity index (χ2n) is 9.99. The van der Waals surface area contributed by atoms with Crippen LogP contribution in [-0.2, 0) is 6.42 Å². The lowest BCUT2D eigenvalue weighted by Crippen LogP contribution is -2.05. The SMILES string of the molecule is COc1cc(O)c(C(/C=C/c2ccc(O)cc2)CCCCc2ccc(O)cc2)c(O)c1C(=O)/C=C/c1ccc(O)cc1. The number of carbonyl (C=O) groups is 1. The predicted molar refractivity (Wildman–Crippen MR) is 163 cm³/mol. The molecule has 0 aliphatic heterocycles. The van der Waals surface area contributed by atoms with E-state index < -0.39 is 11.7 Å². The summed E-state index contributed by atoms with van der Waals surface area (Å²) in [6, 6.07) is 21.4. The fourth-order valence-corrected chi connectivity index (χ4v) is 4.76. The number of phenolic OH excluding ortho intramolecular Hbond substituents is 5. The number of ketones is 1. The Morgan fingerprint density at radius 2 is 1.31 bits per heavy atom. The predicted octanol–water partition coefficient (Wildman–Crippen LogP) is 7.33. The Morgan fingerprint density at radius 3 is 1.88 bits per heavy atom. The fourth-order valence-electron chi connectivity index (χ4n) is 4.76. The van der Waals surface area contributed by atoms with Crippen LogP contribution in [0.2, 0.25) is 0 Å². The van der Waals surface area contributed by atoms with E-state index in [2.05, 4.69) is 0 Å². The minimum Gasteiger partial charge on any atom is -0.508 e. The van der Waals surface area contributed by atoms with E-state index in [1.807, 2.05) is 24.3 Å². The highest BCUT2D eigenvalue weighted by atomic mass is 16.5. The van der Waals surface area contributed by atoms with Crippen molar-refractivity contribution in [3.8, 4) is 34.5 Å². The van der Waals surface area contributed by atoms with Gasteiger partial charge in [-0.05, 0) is 78.4 Å². The van der Waals surface area contributed by atoms with Gasteiger partial charge in [-0.2, -0.15) is 0 Å². The molecule has 0 aromatic heterocycles. The van der Waals surface area contributed by atoms with Gasteiger partial charge < -0.3 is 30.3 Å². The summed E-state index contributed by atoms with van der Waals surface area (Å²) < 4.78 is 5.36. The standard InChI is InChI=1S/C35H34O7/c1-42-32-22-31(40)33(35(41)34(32)30(39)21-13-25-11-19-29(38)20-12-25)26(14-6-24-9-17-28(37)18-10-24)5-3-2-4-23-7-15-27(36)16-8-23/h6-22,26,36-38,40-41H,2-5H2,1H3/b14-6+,21-13+. The maximum Gasteiger partial charge on any atom is 0.193 e. The van der Waals surface area contributed by atoms with Crippen molar-refractivity contribution in [3.63, 3.8) is 0 Å². The number of aryl methyl sites for hydroxylation is 1. The second kappa shape index (κ2) is 13.9. The van der Waals surface area contributed by atoms with E-state index in [0.717, 1.165) is 30.4 Å². The van der Waals surface area contributed by atoms with E-state index in [1.165, 1.54) is 31.4 Å². The number of hydrogen-bond donors (Lipinski definition) is 5. The molecule has 4 aromatic rings. The summed E-state index contributed by atoms with van der Waals surface area (Å²) >= 11 is 0. The molecular weight excluding hydrogens is 532 g/mol. The summed E-state index contributed by atoms with van der Waals surface area (Å²) in [6.07, 6.45) is 9.53. The molecule has 1 atom stereocenters. The molecule has 1 unspecified atom stereocenters. The third-order valence-electron chi connectivity index (χ3n) is 7.02. The van der Waals surface area contributed by atoms with Crippen molar-refractivity contribution in [2.45, 2.75) is 31.6 Å². The van der Waals surface area contributed by atoms with Gasteiger partial charge in [-0.3, -0.25) is 4.79 Å². The van der Waals surface area contributed by atoms with E-state index >= 15 is 0 Å². The molecule has 216 valence electrons. The molecule has 0 saturated carbocycles. The zero-order valence-corrected chi connectivity index (χ0v) is 23.3. The summed E-state index contributed by atoms with van der Waals surface area (Å²) in [6.45, 7) is 0. The minimum atomic E-state index is -0.507. The highest BCUT2D eigenvalue weighted by Gasteiger charge is 2.26. The zero-order chi connectivity index (χ0) is 30.1. The average Bonchev–Trinajstić information content (AvgIpc) is 2.98. The summed E-state index contributed by atoms with van der Waals surface area (Å²) in [5.41, 5.74) is 2.75. The van der Waals surface area contributed by atoms with Crippen LogP contribution in [0, 0.1) is 0 Å². The number of allylic oxidation sites excluding steroid dienone is 2. The topological polar surface area (TPSA) is 127 Å². The first-order valence-corrected chi connectivity index (χ1v) is 13.6. The number of unbranched alkanes of at least 4 members (excludes halogenated alkanes) is 1. The maximum atomic E-state index is 13.3. The van der Waals surface area contributed by atoms with Crippen LogP contribution >= 0.6 is 0 Å². The Hall–Kier alpha value is -5.17. The van der Waals surface area contributed by atoms with Crippen LogP contribution in [0.25, 0.3) is 12.2 Å². The van der Waals surface area contributed by atoms with Crippen LogP contribution in [-0.4, -0.2) is 38.4 Å². The van der Waals surface area contributed by atoms with Gasteiger partial charge in [0.2, 0.25) is 0 Å². The van der Waals surface area contributed by atoms with E-state index in [4.69, 9.17) is 4.74 Å². The van der Waals surface area contributed by atoms with Gasteiger partial charge in [0.05, 0.1) is 7.11 Å². The lowest BCUT2D eigenvalue weighted by atomic mass is 9.88. The molecule has 5 N–H and O–H groups in total. The van der Waals surface area contributed by atoms with Crippen molar-refractivity contribution in [1.29, 1.82) is 0 Å². The van der Waals surface area contributed by atoms with Crippen LogP contribution in [0.1, 0.15) is 57.8 Å². The van der Waals surface area contributed by atoms with E-state index in [0.29, 0.717) is 12.0 Å². The van der Waals surface area contributed by atoms with Crippen LogP contribution in [0.4, 0.5) is 0 Å². The normalized spacial score (nSPS) is 12.1. The number of benzene rings is 4. The molecule has 0 saturated heterocycles. The Labute approximate surface area is 244 Å². The average molecular weight is 567 g/mol. The first-order chi connectivity index (χ1) is 20.2. The van der Waals surface area contributed by atoms with Gasteiger partial charge in [-0.15, -0.1) is 0 Å². The molecule has 42 heavy (non-hydrogen) atoms. The summed E-state index contributed by atoms with van der Waals surface area (Å²) in [5, 5.41) is 51.1. The first kappa shape index (κ1) is 29.8. The number of hydrogen-bond acceptors (Lipinski definition) is 7. The molecule has 0 radical (unpaired) electrons. The Balaban J connectivity index is 1.64. The molecule has 4 rings (SSSR count). The molecule has 0 spiro atoms. The molecular formula is C35H34O7. The highest BCUT2D eigenvalue weighted by molar-refractivity contribution is 6.11. The second-order valence-corrected chi connectivity index (χ2v) is 9.99. The molecule has 0 amide bonds. The minimum absolute atomic E-state index is 0.0442. The summed E-state index contributed by atoms with van der Waals surface area (Å²) in [7, 11) is 1.36. The van der Waals surface area contributed by atoms with Crippen molar-refractivity contribution in [2.24, 2.45) is 0 Å². The van der Waals surface area contributed by atoms with Gasteiger partial charge in [0.15, 0.2) is 5.78 Å². The first-order valence-electron chi connectivity index (χ1n) is 13.6. The third-order valence-corrected chi connectivity index (χ3v) is 7.02. The number of phenols is 5. The zero-order valence-electron chi connectivity index (χ0n) is 23.3. The molecule has 0 aliphatic rings. The molecule has 0 fully saturated rings. The number of carbonyl (C=O) groups excluding carboxylic acids is 1. The number of ether oxygens (including phenoxy) is 1. The molecule has 4 aromatic carbocycles. The number of aromatic hydroxyl groups is 5. The van der Waals surface area contributed by atoms with Crippen molar-refractivity contribution in [3.05, 3.63) is 119 Å². The van der Waals surface area contributed by atoms with Crippen molar-refractivity contribution >= 4 is 17.9 Å². The highest BCUT2D eigenvalue weighted by Crippen LogP contribution is 2.44. The largest absolute Gasteiger partial charge is 0.508 e. The third kappa shape index (κ3) is 7.73. The van der Waals surface area contributed by atoms with Crippen LogP contribution < -0.4 is 4.74 Å². The Kier molecular flexibility index (Phi) is 9.90. The van der Waals surface area contributed by atoms with Gasteiger partial charge in [-0.1, -0.05) is 61.0 Å². The monoisotopic (exact) mass is 566 g/mol. The molecule has 0 bridgehead atoms. The van der Waals surface area contributed by atoms with Crippen molar-refractivity contribution < 1.29 is 35.1 Å². The number of methoxy groups -OCH3 is 1. The quantitative estimate of drug-likeness (QED) is 0.0690. The van der Waals surface area contributed by atoms with Crippen LogP contribution in [0.15, 0.2) is 91.0 Å². The van der Waals surface area contributed by atoms with Gasteiger partial charge in [0, 0.05) is 17.5 Å². The van der Waals surface area contributed by atoms with Gasteiger partial charge in [-0.25, -0.2) is 0 Å². The van der Waals surface area contributed by atoms with Gasteiger partial charge in [0.25, 0.3) is 0 Å². The number of rotatable bonds is 12. The fraction of sp³-hybridized carbons (Fsp3) is 0.171. The molecule has 0 heterocycles. The smallest absolute Gasteiger partial charge is 0.193 e. The van der Waals surface area contributed by atoms with Crippen LogP contribution in [0.3, 0.4) is 0 Å². The van der Waals surface area contributed by atoms with E-state index in [1.54, 1.807) is 54.6 Å². The summed E-state index contributed by atoms with van der Waals surface area (Å²) in [4.78, 5) is 13.3. The van der Waals surface area contributed by atoms with E-state index in [-0.39, 0.29) is 45.6 Å². The van der Waals surface area contributed by atoms with Gasteiger partial charge >= 0.3 is 0 Å². The maximum absolute atomic E-state index is 13.3. The van der Waals surface area contributed by atoms with Gasteiger partial charge in [0.1, 0.15) is 40.1 Å². The van der Waals surface area contributed by atoms with E-state index in [9.17, 15) is 30.3 Å². The van der Waals surface area contributed by atoms with Crippen molar-refractivity contribution in [1.82, 2.24) is 0 Å². The molecule has 7 heteroatoms. The Bertz CT molecular complexity index is 1550. The summed E-state index contributed by atoms with van der Waals surface area (Å²) in [5.74, 6) is -0.991. The Morgan fingerprint density at radius 1 is 0.762 bits per heavy atom. The van der Waals surface area contributed by atoms with Crippen LogP contribution in [0.5, 0.6) is 34.5 Å². The molecule has 0 aliphatic carbocycles. The van der Waals surface area contributed by atoms with Crippen molar-refractivity contribution in [2.75, 3.05) is 7.11 Å².